The van der Waals surface area contributed by atoms with E-state index < -0.39 is 17.2 Å². The molecule has 1 heterocycles. The number of aryl methyl sites for hydroxylation is 1. The van der Waals surface area contributed by atoms with Crippen molar-refractivity contribution in [2.75, 3.05) is 11.9 Å². The SMILES string of the molecule is CCOC(=O)C(C)(C(C)=O)c1c(Br)cc2nc(Nc3c(Cl)cccc3Cl)n(C)c2c1C#N. The Hall–Kier alpha value is -2.60. The number of hydrogen-bond donors (Lipinski definition) is 1. The highest BCUT2D eigenvalue weighted by Gasteiger charge is 2.45. The second-order valence-corrected chi connectivity index (χ2v) is 8.87. The molecule has 10 heteroatoms. The summed E-state index contributed by atoms with van der Waals surface area (Å²) in [6, 6.07) is 8.90. The summed E-state index contributed by atoms with van der Waals surface area (Å²) in [5.41, 5.74) is 0.0514. The molecule has 1 N–H and O–H groups in total. The lowest BCUT2D eigenvalue weighted by atomic mass is 9.76. The van der Waals surface area contributed by atoms with E-state index in [2.05, 4.69) is 32.3 Å². The van der Waals surface area contributed by atoms with E-state index in [-0.39, 0.29) is 17.7 Å². The average Bonchev–Trinajstić information content (AvgIpc) is 3.04. The highest BCUT2D eigenvalue weighted by molar-refractivity contribution is 9.10. The van der Waals surface area contributed by atoms with Crippen LogP contribution < -0.4 is 5.32 Å². The van der Waals surface area contributed by atoms with E-state index in [1.807, 2.05) is 0 Å². The van der Waals surface area contributed by atoms with Crippen LogP contribution in [0.2, 0.25) is 10.0 Å². The molecule has 0 saturated carbocycles. The molecule has 0 radical (unpaired) electrons. The molecule has 3 rings (SSSR count). The second kappa shape index (κ2) is 9.10. The maximum absolute atomic E-state index is 12.8. The van der Waals surface area contributed by atoms with Crippen molar-refractivity contribution in [3.05, 3.63) is 49.9 Å². The van der Waals surface area contributed by atoms with Gasteiger partial charge >= 0.3 is 5.97 Å². The number of nitriles is 1. The largest absolute Gasteiger partial charge is 0.465 e. The number of fused-ring (bicyclic) bond motifs is 1. The Bertz CT molecular complexity index is 1280. The number of esters is 1. The fourth-order valence-corrected chi connectivity index (χ4v) is 4.79. The number of aromatic nitrogens is 2. The Labute approximate surface area is 203 Å². The summed E-state index contributed by atoms with van der Waals surface area (Å²) in [6.07, 6.45) is 0. The number of imidazole rings is 1. The van der Waals surface area contributed by atoms with Gasteiger partial charge in [0, 0.05) is 17.1 Å². The Morgan fingerprint density at radius 3 is 2.50 bits per heavy atom. The summed E-state index contributed by atoms with van der Waals surface area (Å²) in [4.78, 5) is 30.0. The fraction of sp³-hybridized carbons (Fsp3) is 0.273. The summed E-state index contributed by atoms with van der Waals surface area (Å²) >= 11 is 16.0. The van der Waals surface area contributed by atoms with E-state index in [0.29, 0.717) is 37.2 Å². The minimum atomic E-state index is -1.68. The van der Waals surface area contributed by atoms with Crippen molar-refractivity contribution in [1.29, 1.82) is 5.26 Å². The predicted octanol–water partition coefficient (Wildman–Crippen LogP) is 5.67. The first kappa shape index (κ1) is 24.1. The van der Waals surface area contributed by atoms with Crippen molar-refractivity contribution in [2.45, 2.75) is 26.2 Å². The number of benzene rings is 2. The highest BCUT2D eigenvalue weighted by Crippen LogP contribution is 2.40. The van der Waals surface area contributed by atoms with E-state index in [9.17, 15) is 14.9 Å². The third kappa shape index (κ3) is 3.85. The standard InChI is InChI=1S/C22H19BrCl2N4O3/c1-5-32-20(31)22(3,11(2)30)17-12(10-26)19-16(9-13(17)23)27-21(29(19)4)28-18-14(24)7-6-8-15(18)25/h6-9H,5H2,1-4H3,(H,27,28). The minimum Gasteiger partial charge on any atom is -0.465 e. The quantitative estimate of drug-likeness (QED) is 0.321. The Morgan fingerprint density at radius 1 is 1.34 bits per heavy atom. The van der Waals surface area contributed by atoms with Crippen LogP contribution >= 0.6 is 39.1 Å². The van der Waals surface area contributed by atoms with Gasteiger partial charge in [-0.25, -0.2) is 4.98 Å². The molecule has 1 aromatic heterocycles. The lowest BCUT2D eigenvalue weighted by molar-refractivity contribution is -0.152. The number of carbonyl (C=O) groups is 2. The van der Waals surface area contributed by atoms with Crippen LogP contribution in [0.4, 0.5) is 11.6 Å². The fourth-order valence-electron chi connectivity index (χ4n) is 3.48. The predicted molar refractivity (Wildman–Crippen MR) is 128 cm³/mol. The van der Waals surface area contributed by atoms with Gasteiger partial charge < -0.3 is 14.6 Å². The molecule has 1 atom stereocenters. The lowest BCUT2D eigenvalue weighted by Gasteiger charge is -2.27. The molecule has 0 fully saturated rings. The van der Waals surface area contributed by atoms with E-state index in [1.165, 1.54) is 13.8 Å². The summed E-state index contributed by atoms with van der Waals surface area (Å²) in [6.45, 7) is 4.51. The Kier molecular flexibility index (Phi) is 6.84. The summed E-state index contributed by atoms with van der Waals surface area (Å²) in [7, 11) is 1.70. The van der Waals surface area contributed by atoms with E-state index >= 15 is 0 Å². The van der Waals surface area contributed by atoms with Crippen molar-refractivity contribution in [2.24, 2.45) is 7.05 Å². The Morgan fingerprint density at radius 2 is 1.97 bits per heavy atom. The zero-order valence-corrected chi connectivity index (χ0v) is 20.8. The highest BCUT2D eigenvalue weighted by atomic mass is 79.9. The minimum absolute atomic E-state index is 0.0990. The van der Waals surface area contributed by atoms with Gasteiger partial charge in [0.25, 0.3) is 0 Å². The van der Waals surface area contributed by atoms with Gasteiger partial charge in [-0.3, -0.25) is 9.59 Å². The number of nitrogens with one attached hydrogen (secondary N) is 1. The molecule has 7 nitrogen and oxygen atoms in total. The molecule has 166 valence electrons. The molecule has 0 spiro atoms. The summed E-state index contributed by atoms with van der Waals surface area (Å²) < 4.78 is 7.22. The van der Waals surface area contributed by atoms with Gasteiger partial charge in [-0.05, 0) is 39.0 Å². The van der Waals surface area contributed by atoms with Crippen LogP contribution in [-0.4, -0.2) is 27.9 Å². The monoisotopic (exact) mass is 536 g/mol. The van der Waals surface area contributed by atoms with Crippen LogP contribution in [-0.2, 0) is 26.8 Å². The number of Topliss-reactive ketones (excluding diaryl/α,β-unsaturated/α-hetero) is 1. The van der Waals surface area contributed by atoms with E-state index in [0.717, 1.165) is 0 Å². The van der Waals surface area contributed by atoms with Crippen molar-refractivity contribution in [1.82, 2.24) is 9.55 Å². The third-order valence-corrected chi connectivity index (χ3v) is 6.57. The maximum Gasteiger partial charge on any atom is 0.323 e. The zero-order valence-electron chi connectivity index (χ0n) is 17.7. The average molecular weight is 538 g/mol. The van der Waals surface area contributed by atoms with Gasteiger partial charge in [-0.1, -0.05) is 45.2 Å². The topological polar surface area (TPSA) is 97.0 Å². The molecule has 0 bridgehead atoms. The molecule has 0 aliphatic heterocycles. The zero-order chi connectivity index (χ0) is 23.8. The van der Waals surface area contributed by atoms with Crippen LogP contribution in [0.3, 0.4) is 0 Å². The number of hydrogen-bond acceptors (Lipinski definition) is 6. The number of anilines is 2. The molecular weight excluding hydrogens is 519 g/mol. The normalized spacial score (nSPS) is 12.8. The van der Waals surface area contributed by atoms with Gasteiger partial charge in [0.2, 0.25) is 5.95 Å². The first-order valence-electron chi connectivity index (χ1n) is 9.56. The van der Waals surface area contributed by atoms with Crippen LogP contribution in [0, 0.1) is 11.3 Å². The van der Waals surface area contributed by atoms with Crippen molar-refractivity contribution in [3.63, 3.8) is 0 Å². The molecule has 1 unspecified atom stereocenters. The smallest absolute Gasteiger partial charge is 0.323 e. The molecule has 2 aromatic carbocycles. The van der Waals surface area contributed by atoms with Crippen molar-refractivity contribution in [3.8, 4) is 6.07 Å². The number of carbonyl (C=O) groups excluding carboxylic acids is 2. The lowest BCUT2D eigenvalue weighted by Crippen LogP contribution is -2.42. The molecule has 0 saturated heterocycles. The van der Waals surface area contributed by atoms with Crippen molar-refractivity contribution < 1.29 is 14.3 Å². The van der Waals surface area contributed by atoms with Crippen LogP contribution in [0.15, 0.2) is 28.7 Å². The molecule has 3 aromatic rings. The number of ether oxygens (including phenoxy) is 1. The van der Waals surface area contributed by atoms with Gasteiger partial charge in [-0.2, -0.15) is 5.26 Å². The van der Waals surface area contributed by atoms with Gasteiger partial charge in [0.1, 0.15) is 6.07 Å². The molecular formula is C22H19BrCl2N4O3. The maximum atomic E-state index is 12.8. The Balaban J connectivity index is 2.30. The van der Waals surface area contributed by atoms with Crippen molar-refractivity contribution >= 4 is 73.6 Å². The van der Waals surface area contributed by atoms with Crippen LogP contribution in [0.25, 0.3) is 11.0 Å². The van der Waals surface area contributed by atoms with Crippen LogP contribution in [0.5, 0.6) is 0 Å². The van der Waals surface area contributed by atoms with E-state index in [1.54, 1.807) is 42.8 Å². The molecule has 32 heavy (non-hydrogen) atoms. The number of nitrogens with zero attached hydrogens (tertiary/aromatic N) is 3. The van der Waals surface area contributed by atoms with E-state index in [4.69, 9.17) is 27.9 Å². The first-order chi connectivity index (χ1) is 15.1. The van der Waals surface area contributed by atoms with Gasteiger partial charge in [-0.15, -0.1) is 0 Å². The number of halogens is 3. The first-order valence-corrected chi connectivity index (χ1v) is 11.1. The molecule has 0 amide bonds. The third-order valence-electron chi connectivity index (χ3n) is 5.31. The molecule has 0 aliphatic carbocycles. The van der Waals surface area contributed by atoms with Gasteiger partial charge in [0.15, 0.2) is 11.2 Å². The number of ketones is 1. The number of para-hydroxylation sites is 1. The summed E-state index contributed by atoms with van der Waals surface area (Å²) in [5, 5.41) is 14.0. The van der Waals surface area contributed by atoms with Gasteiger partial charge in [0.05, 0.1) is 38.9 Å². The van der Waals surface area contributed by atoms with Crippen LogP contribution in [0.1, 0.15) is 31.9 Å². The second-order valence-electron chi connectivity index (χ2n) is 7.21. The number of rotatable bonds is 6. The molecule has 0 aliphatic rings. The summed E-state index contributed by atoms with van der Waals surface area (Å²) in [5.74, 6) is -0.806.